The van der Waals surface area contributed by atoms with Crippen LogP contribution in [0, 0.1) is 12.7 Å². The first-order chi connectivity index (χ1) is 14.5. The van der Waals surface area contributed by atoms with Crippen LogP contribution in [0.5, 0.6) is 0 Å². The van der Waals surface area contributed by atoms with Crippen molar-refractivity contribution in [3.05, 3.63) is 67.2 Å². The molecule has 8 heteroatoms. The van der Waals surface area contributed by atoms with Gasteiger partial charge in [0.2, 0.25) is 0 Å². The van der Waals surface area contributed by atoms with E-state index in [1.165, 1.54) is 23.6 Å². The zero-order valence-corrected chi connectivity index (χ0v) is 17.9. The first-order valence-electron chi connectivity index (χ1n) is 9.00. The molecule has 0 aliphatic rings. The third-order valence-corrected chi connectivity index (χ3v) is 5.67. The van der Waals surface area contributed by atoms with Gasteiger partial charge in [-0.05, 0) is 31.8 Å². The third-order valence-electron chi connectivity index (χ3n) is 4.44. The Bertz CT molecular complexity index is 1250. The monoisotopic (exact) mass is 420 g/mol. The lowest BCUT2D eigenvalue weighted by Crippen LogP contribution is -2.03. The largest absolute Gasteiger partial charge is 0.350 e. The molecule has 0 amide bonds. The lowest BCUT2D eigenvalue weighted by atomic mass is 10.1. The SMILES string of the molecule is C=C.C=NC(=NC)c1nc(-c2sc(-c3cncc(F)c3)nc2C)cc2c1ccn2C. The molecule has 0 bridgehead atoms. The van der Waals surface area contributed by atoms with Gasteiger partial charge in [0.15, 0.2) is 5.84 Å². The topological polar surface area (TPSA) is 68.3 Å². The zero-order chi connectivity index (χ0) is 21.8. The summed E-state index contributed by atoms with van der Waals surface area (Å²) in [7, 11) is 3.64. The number of thiazole rings is 1. The molecule has 0 fully saturated rings. The summed E-state index contributed by atoms with van der Waals surface area (Å²) in [6.07, 6.45) is 4.75. The summed E-state index contributed by atoms with van der Waals surface area (Å²) < 4.78 is 15.6. The van der Waals surface area contributed by atoms with Crippen molar-refractivity contribution in [1.82, 2.24) is 19.5 Å². The van der Waals surface area contributed by atoms with Crippen LogP contribution in [0.1, 0.15) is 11.4 Å². The molecule has 6 nitrogen and oxygen atoms in total. The van der Waals surface area contributed by atoms with Gasteiger partial charge in [0.05, 0.1) is 28.0 Å². The molecule has 0 saturated heterocycles. The highest BCUT2D eigenvalue weighted by Gasteiger charge is 2.18. The Morgan fingerprint density at radius 3 is 2.63 bits per heavy atom. The van der Waals surface area contributed by atoms with Crippen LogP contribution >= 0.6 is 11.3 Å². The summed E-state index contributed by atoms with van der Waals surface area (Å²) in [4.78, 5) is 22.5. The van der Waals surface area contributed by atoms with Gasteiger partial charge in [-0.25, -0.2) is 19.4 Å². The molecule has 152 valence electrons. The number of aryl methyl sites for hydroxylation is 2. The molecular formula is C22H21FN6S. The first kappa shape index (κ1) is 21.2. The zero-order valence-electron chi connectivity index (χ0n) is 17.1. The summed E-state index contributed by atoms with van der Waals surface area (Å²) in [6.45, 7) is 11.5. The predicted octanol–water partition coefficient (Wildman–Crippen LogP) is 5.09. The van der Waals surface area contributed by atoms with Gasteiger partial charge in [-0.3, -0.25) is 9.98 Å². The Hall–Kier alpha value is -3.52. The van der Waals surface area contributed by atoms with Gasteiger partial charge in [-0.1, -0.05) is 0 Å². The Morgan fingerprint density at radius 2 is 1.97 bits per heavy atom. The van der Waals surface area contributed by atoms with Crippen molar-refractivity contribution in [3.8, 4) is 21.1 Å². The van der Waals surface area contributed by atoms with Gasteiger partial charge in [-0.15, -0.1) is 24.5 Å². The molecule has 4 heterocycles. The molecule has 0 aliphatic heterocycles. The second-order valence-electron chi connectivity index (χ2n) is 6.25. The van der Waals surface area contributed by atoms with E-state index in [1.54, 1.807) is 13.2 Å². The highest BCUT2D eigenvalue weighted by atomic mass is 32.1. The number of nitrogens with zero attached hydrogens (tertiary/aromatic N) is 6. The summed E-state index contributed by atoms with van der Waals surface area (Å²) in [5, 5.41) is 1.65. The van der Waals surface area contributed by atoms with Gasteiger partial charge >= 0.3 is 0 Å². The van der Waals surface area contributed by atoms with E-state index in [0.717, 1.165) is 27.2 Å². The van der Waals surface area contributed by atoms with Crippen LogP contribution in [0.25, 0.3) is 32.0 Å². The number of fused-ring (bicyclic) bond motifs is 1. The average Bonchev–Trinajstić information content (AvgIpc) is 3.33. The van der Waals surface area contributed by atoms with E-state index in [2.05, 4.69) is 39.8 Å². The van der Waals surface area contributed by atoms with E-state index in [1.807, 2.05) is 36.9 Å². The Balaban J connectivity index is 0.00000124. The van der Waals surface area contributed by atoms with Crippen LogP contribution in [-0.2, 0) is 7.05 Å². The van der Waals surface area contributed by atoms with Crippen LogP contribution in [0.4, 0.5) is 4.39 Å². The van der Waals surface area contributed by atoms with E-state index < -0.39 is 5.82 Å². The molecule has 4 rings (SSSR count). The van der Waals surface area contributed by atoms with E-state index in [-0.39, 0.29) is 0 Å². The van der Waals surface area contributed by atoms with Crippen molar-refractivity contribution >= 4 is 34.8 Å². The molecule has 0 spiro atoms. The quantitative estimate of drug-likeness (QED) is 0.263. The standard InChI is InChI=1S/C20H17FN6S.C2H4/c1-11-18(28-20(25-11)12-7-13(21)10-24-9-12)15-8-16-14(5-6-27(16)4)17(26-15)19(22-2)23-3;1-2/h5-10H,2H2,1,3-4H3;1-2H2. The van der Waals surface area contributed by atoms with Crippen molar-refractivity contribution in [2.75, 3.05) is 7.05 Å². The maximum Gasteiger partial charge on any atom is 0.173 e. The maximum absolute atomic E-state index is 13.6. The number of pyridine rings is 2. The predicted molar refractivity (Wildman–Crippen MR) is 123 cm³/mol. The average molecular weight is 421 g/mol. The van der Waals surface area contributed by atoms with Gasteiger partial charge in [0.1, 0.15) is 16.5 Å². The van der Waals surface area contributed by atoms with Crippen molar-refractivity contribution in [2.24, 2.45) is 17.0 Å². The summed E-state index contributed by atoms with van der Waals surface area (Å²) in [5.41, 5.74) is 3.90. The lowest BCUT2D eigenvalue weighted by Gasteiger charge is -2.07. The van der Waals surface area contributed by atoms with Gasteiger partial charge in [0.25, 0.3) is 0 Å². The van der Waals surface area contributed by atoms with Crippen LogP contribution in [0.2, 0.25) is 0 Å². The van der Waals surface area contributed by atoms with Crippen LogP contribution in [0.3, 0.4) is 0 Å². The number of hydrogen-bond acceptors (Lipinski definition) is 5. The minimum Gasteiger partial charge on any atom is -0.350 e. The van der Waals surface area contributed by atoms with E-state index in [4.69, 9.17) is 4.98 Å². The molecule has 0 aromatic carbocycles. The molecule has 0 N–H and O–H groups in total. The van der Waals surface area contributed by atoms with Crippen LogP contribution in [-0.4, -0.2) is 39.1 Å². The van der Waals surface area contributed by atoms with Crippen molar-refractivity contribution in [1.29, 1.82) is 0 Å². The van der Waals surface area contributed by atoms with Gasteiger partial charge < -0.3 is 4.57 Å². The lowest BCUT2D eigenvalue weighted by molar-refractivity contribution is 0.622. The minimum atomic E-state index is -0.390. The summed E-state index contributed by atoms with van der Waals surface area (Å²) in [6, 6.07) is 5.43. The maximum atomic E-state index is 13.6. The fraction of sp³-hybridized carbons (Fsp3) is 0.136. The number of aliphatic imine (C=N–C) groups is 2. The molecule has 0 radical (unpaired) electrons. The third kappa shape index (κ3) is 3.81. The Kier molecular flexibility index (Phi) is 6.27. The van der Waals surface area contributed by atoms with Crippen molar-refractivity contribution in [3.63, 3.8) is 0 Å². The van der Waals surface area contributed by atoms with Gasteiger partial charge in [0, 0.05) is 37.4 Å². The van der Waals surface area contributed by atoms with Crippen molar-refractivity contribution in [2.45, 2.75) is 6.92 Å². The normalized spacial score (nSPS) is 11.3. The summed E-state index contributed by atoms with van der Waals surface area (Å²) in [5.74, 6) is 0.0909. The number of rotatable bonds is 3. The smallest absolute Gasteiger partial charge is 0.173 e. The molecule has 0 saturated carbocycles. The molecule has 0 aliphatic carbocycles. The van der Waals surface area contributed by atoms with Crippen molar-refractivity contribution < 1.29 is 4.39 Å². The van der Waals surface area contributed by atoms with Gasteiger partial charge in [-0.2, -0.15) is 0 Å². The second-order valence-corrected chi connectivity index (χ2v) is 7.25. The number of hydrogen-bond donors (Lipinski definition) is 0. The minimum absolute atomic E-state index is 0.390. The van der Waals surface area contributed by atoms with E-state index >= 15 is 0 Å². The molecule has 0 unspecified atom stereocenters. The molecular weight excluding hydrogens is 399 g/mol. The fourth-order valence-electron chi connectivity index (χ4n) is 3.09. The molecule has 0 atom stereocenters. The second kappa shape index (κ2) is 8.87. The number of aromatic nitrogens is 4. The number of amidine groups is 1. The Morgan fingerprint density at radius 1 is 1.20 bits per heavy atom. The first-order valence-corrected chi connectivity index (χ1v) is 9.82. The van der Waals surface area contributed by atoms with E-state index in [9.17, 15) is 4.39 Å². The molecule has 30 heavy (non-hydrogen) atoms. The van der Waals surface area contributed by atoms with Crippen LogP contribution < -0.4 is 0 Å². The van der Waals surface area contributed by atoms with Crippen LogP contribution in [0.15, 0.2) is 59.9 Å². The fourth-order valence-corrected chi connectivity index (χ4v) is 4.10. The highest BCUT2D eigenvalue weighted by Crippen LogP contribution is 2.36. The molecule has 4 aromatic rings. The Labute approximate surface area is 178 Å². The summed E-state index contributed by atoms with van der Waals surface area (Å²) >= 11 is 1.45. The van der Waals surface area contributed by atoms with E-state index in [0.29, 0.717) is 22.1 Å². The molecule has 4 aromatic heterocycles. The highest BCUT2D eigenvalue weighted by molar-refractivity contribution is 7.18. The number of halogens is 1.